The van der Waals surface area contributed by atoms with E-state index in [-0.39, 0.29) is 6.04 Å². The smallest absolute Gasteiger partial charge is 0.279 e. The van der Waals surface area contributed by atoms with Crippen molar-refractivity contribution in [3.8, 4) is 0 Å². The summed E-state index contributed by atoms with van der Waals surface area (Å²) in [5, 5.41) is 3.52. The zero-order valence-electron chi connectivity index (χ0n) is 13.6. The van der Waals surface area contributed by atoms with Gasteiger partial charge in [0, 0.05) is 24.7 Å². The molecule has 2 N–H and O–H groups in total. The Hall–Kier alpha value is -0.170. The molecule has 0 radical (unpaired) electrons. The zero-order valence-corrected chi connectivity index (χ0v) is 14.4. The molecule has 0 bridgehead atoms. The van der Waals surface area contributed by atoms with Gasteiger partial charge in [0.25, 0.3) is 10.2 Å². The third kappa shape index (κ3) is 5.68. The summed E-state index contributed by atoms with van der Waals surface area (Å²) in [6.45, 7) is 8.81. The summed E-state index contributed by atoms with van der Waals surface area (Å²) >= 11 is 0. The highest BCUT2D eigenvalue weighted by Crippen LogP contribution is 2.24. The molecule has 0 spiro atoms. The molecule has 0 saturated heterocycles. The highest BCUT2D eigenvalue weighted by Gasteiger charge is 2.32. The minimum absolute atomic E-state index is 0.120. The summed E-state index contributed by atoms with van der Waals surface area (Å²) < 4.78 is 28.8. The fourth-order valence-electron chi connectivity index (χ4n) is 2.65. The second-order valence-corrected chi connectivity index (χ2v) is 8.56. The summed E-state index contributed by atoms with van der Waals surface area (Å²) in [6, 6.07) is 0.674. The molecule has 0 atom stereocenters. The Labute approximate surface area is 124 Å². The Morgan fingerprint density at radius 1 is 1.15 bits per heavy atom. The monoisotopic (exact) mass is 305 g/mol. The lowest BCUT2D eigenvalue weighted by atomic mass is 9.91. The third-order valence-corrected chi connectivity index (χ3v) is 5.63. The lowest BCUT2D eigenvalue weighted by molar-refractivity contribution is 0.245. The maximum Gasteiger partial charge on any atom is 0.279 e. The zero-order chi connectivity index (χ0) is 15.4. The molecule has 0 unspecified atom stereocenters. The summed E-state index contributed by atoms with van der Waals surface area (Å²) in [6.07, 6.45) is 5.12. The number of rotatable bonds is 6. The maximum absolute atomic E-state index is 12.3. The molecule has 20 heavy (non-hydrogen) atoms. The number of hydrogen-bond donors (Lipinski definition) is 2. The van der Waals surface area contributed by atoms with Crippen LogP contribution in [0.5, 0.6) is 0 Å². The van der Waals surface area contributed by atoms with Crippen molar-refractivity contribution in [1.29, 1.82) is 0 Å². The van der Waals surface area contributed by atoms with Crippen LogP contribution in [0.2, 0.25) is 0 Å². The summed E-state index contributed by atoms with van der Waals surface area (Å²) in [5.41, 5.74) is -0.438. The molecule has 1 rings (SSSR count). The summed E-state index contributed by atoms with van der Waals surface area (Å²) in [4.78, 5) is 0. The molecule has 1 aliphatic rings. The van der Waals surface area contributed by atoms with Crippen molar-refractivity contribution in [3.05, 3.63) is 0 Å². The lowest BCUT2D eigenvalue weighted by Crippen LogP contribution is -2.52. The molecular weight excluding hydrogens is 274 g/mol. The predicted molar refractivity (Wildman–Crippen MR) is 83.9 cm³/mol. The van der Waals surface area contributed by atoms with Gasteiger partial charge in [0.15, 0.2) is 0 Å². The van der Waals surface area contributed by atoms with Gasteiger partial charge in [0.2, 0.25) is 0 Å². The van der Waals surface area contributed by atoms with Crippen molar-refractivity contribution in [2.24, 2.45) is 0 Å². The highest BCUT2D eigenvalue weighted by atomic mass is 32.2. The van der Waals surface area contributed by atoms with E-state index in [1.165, 1.54) is 4.31 Å². The van der Waals surface area contributed by atoms with Crippen molar-refractivity contribution in [3.63, 3.8) is 0 Å². The second kappa shape index (κ2) is 7.20. The van der Waals surface area contributed by atoms with E-state index in [1.807, 2.05) is 20.8 Å². The topological polar surface area (TPSA) is 61.4 Å². The molecule has 0 aromatic carbocycles. The molecule has 0 aromatic heterocycles. The number of nitrogens with zero attached hydrogens (tertiary/aromatic N) is 1. The Morgan fingerprint density at radius 2 is 1.70 bits per heavy atom. The van der Waals surface area contributed by atoms with Gasteiger partial charge in [-0.1, -0.05) is 6.92 Å². The van der Waals surface area contributed by atoms with Crippen LogP contribution in [0, 0.1) is 0 Å². The Bertz CT molecular complexity index is 382. The highest BCUT2D eigenvalue weighted by molar-refractivity contribution is 7.87. The van der Waals surface area contributed by atoms with E-state index in [4.69, 9.17) is 0 Å². The number of hydrogen-bond acceptors (Lipinski definition) is 3. The molecule has 0 aliphatic heterocycles. The van der Waals surface area contributed by atoms with Crippen LogP contribution in [0.15, 0.2) is 0 Å². The van der Waals surface area contributed by atoms with Crippen molar-refractivity contribution in [2.45, 2.75) is 77.4 Å². The van der Waals surface area contributed by atoms with Crippen molar-refractivity contribution in [1.82, 2.24) is 14.3 Å². The largest absolute Gasteiger partial charge is 0.314 e. The van der Waals surface area contributed by atoms with E-state index in [0.29, 0.717) is 6.04 Å². The molecule has 5 nitrogen and oxygen atoms in total. The van der Waals surface area contributed by atoms with Crippen LogP contribution >= 0.6 is 0 Å². The van der Waals surface area contributed by atoms with Gasteiger partial charge in [0.05, 0.1) is 0 Å². The fourth-order valence-corrected chi connectivity index (χ4v) is 4.17. The van der Waals surface area contributed by atoms with Gasteiger partial charge in [-0.25, -0.2) is 0 Å². The Kier molecular flexibility index (Phi) is 6.44. The maximum atomic E-state index is 12.3. The number of nitrogens with one attached hydrogen (secondary N) is 2. The van der Waals surface area contributed by atoms with E-state index in [9.17, 15) is 8.42 Å². The fraction of sp³-hybridized carbons (Fsp3) is 1.00. The predicted octanol–water partition coefficient (Wildman–Crippen LogP) is 1.86. The molecule has 0 aromatic rings. The average molecular weight is 305 g/mol. The van der Waals surface area contributed by atoms with Crippen molar-refractivity contribution < 1.29 is 8.42 Å². The Balaban J connectivity index is 2.52. The Morgan fingerprint density at radius 3 is 2.15 bits per heavy atom. The molecule has 120 valence electrons. The van der Waals surface area contributed by atoms with Gasteiger partial charge in [-0.15, -0.1) is 0 Å². The van der Waals surface area contributed by atoms with E-state index < -0.39 is 15.7 Å². The van der Waals surface area contributed by atoms with E-state index in [1.54, 1.807) is 7.05 Å². The van der Waals surface area contributed by atoms with Crippen LogP contribution in [-0.4, -0.2) is 43.9 Å². The van der Waals surface area contributed by atoms with E-state index in [0.717, 1.165) is 38.6 Å². The molecule has 6 heteroatoms. The first-order chi connectivity index (χ1) is 9.15. The SMILES string of the molecule is CCCNC1CCC(N(C)S(=O)(=O)NC(C)(C)C)CC1. The van der Waals surface area contributed by atoms with Gasteiger partial charge >= 0.3 is 0 Å². The summed E-state index contributed by atoms with van der Waals surface area (Å²) in [7, 11) is -1.70. The average Bonchev–Trinajstić information content (AvgIpc) is 2.33. The van der Waals surface area contributed by atoms with Gasteiger partial charge in [-0.05, 0) is 59.4 Å². The third-order valence-electron chi connectivity index (χ3n) is 3.71. The van der Waals surface area contributed by atoms with E-state index >= 15 is 0 Å². The van der Waals surface area contributed by atoms with Crippen LogP contribution in [-0.2, 0) is 10.2 Å². The van der Waals surface area contributed by atoms with Crippen molar-refractivity contribution >= 4 is 10.2 Å². The van der Waals surface area contributed by atoms with Gasteiger partial charge in [-0.2, -0.15) is 17.4 Å². The first-order valence-electron chi connectivity index (χ1n) is 7.66. The van der Waals surface area contributed by atoms with Crippen LogP contribution in [0.4, 0.5) is 0 Å². The molecule has 1 fully saturated rings. The first-order valence-corrected chi connectivity index (χ1v) is 9.10. The van der Waals surface area contributed by atoms with Crippen LogP contribution < -0.4 is 10.0 Å². The minimum atomic E-state index is -3.39. The molecule has 0 amide bonds. The van der Waals surface area contributed by atoms with Crippen molar-refractivity contribution in [2.75, 3.05) is 13.6 Å². The van der Waals surface area contributed by atoms with Gasteiger partial charge < -0.3 is 5.32 Å². The first kappa shape index (κ1) is 17.9. The molecular formula is C14H31N3O2S. The van der Waals surface area contributed by atoms with Crippen LogP contribution in [0.3, 0.4) is 0 Å². The van der Waals surface area contributed by atoms with Gasteiger partial charge in [-0.3, -0.25) is 0 Å². The van der Waals surface area contributed by atoms with Crippen LogP contribution in [0.25, 0.3) is 0 Å². The quantitative estimate of drug-likeness (QED) is 0.787. The van der Waals surface area contributed by atoms with Gasteiger partial charge in [0.1, 0.15) is 0 Å². The standard InChI is InChI=1S/C14H31N3O2S/c1-6-11-15-12-7-9-13(10-8-12)17(5)20(18,19)16-14(2,3)4/h12-13,15-16H,6-11H2,1-5H3. The van der Waals surface area contributed by atoms with E-state index in [2.05, 4.69) is 17.0 Å². The van der Waals surface area contributed by atoms with Crippen LogP contribution in [0.1, 0.15) is 59.8 Å². The normalized spacial score (nSPS) is 25.1. The molecule has 1 saturated carbocycles. The second-order valence-electron chi connectivity index (χ2n) is 6.83. The molecule has 1 aliphatic carbocycles. The lowest BCUT2D eigenvalue weighted by Gasteiger charge is -2.35. The molecule has 0 heterocycles. The summed E-state index contributed by atoms with van der Waals surface area (Å²) in [5.74, 6) is 0. The minimum Gasteiger partial charge on any atom is -0.314 e.